The van der Waals surface area contributed by atoms with Crippen molar-refractivity contribution in [2.45, 2.75) is 20.0 Å². The van der Waals surface area contributed by atoms with E-state index < -0.39 is 0 Å². The molecule has 0 bridgehead atoms. The number of hydrogen-bond donors (Lipinski definition) is 0. The van der Waals surface area contributed by atoms with Crippen molar-refractivity contribution in [1.29, 1.82) is 0 Å². The molecule has 0 spiro atoms. The molecule has 3 heteroatoms. The van der Waals surface area contributed by atoms with Crippen molar-refractivity contribution in [3.8, 4) is 11.4 Å². The highest BCUT2D eigenvalue weighted by atomic mass is 16.5. The van der Waals surface area contributed by atoms with Gasteiger partial charge in [0.05, 0.1) is 6.10 Å². The van der Waals surface area contributed by atoms with Crippen molar-refractivity contribution in [2.24, 2.45) is 0 Å². The first-order chi connectivity index (χ1) is 7.25. The lowest BCUT2D eigenvalue weighted by molar-refractivity contribution is 0.242. The van der Waals surface area contributed by atoms with Crippen LogP contribution < -0.4 is 4.74 Å². The molecule has 0 aliphatic rings. The molecule has 0 atom stereocenters. The largest absolute Gasteiger partial charge is 0.491 e. The third-order valence-corrected chi connectivity index (χ3v) is 1.94. The van der Waals surface area contributed by atoms with E-state index in [2.05, 4.69) is 11.3 Å². The highest BCUT2D eigenvalue weighted by molar-refractivity contribution is 5.37. The quantitative estimate of drug-likeness (QED) is 0.762. The maximum atomic E-state index is 5.55. The standard InChI is InChI=1S/C12H13N2O/c1-10(2)15-12-5-3-11(4-6-12)14-8-7-13-9-14/h3-8,10H,1-2H3. The Hall–Kier alpha value is -1.77. The van der Waals surface area contributed by atoms with E-state index in [0.717, 1.165) is 11.4 Å². The average Bonchev–Trinajstić information content (AvgIpc) is 2.71. The fraction of sp³-hybridized carbons (Fsp3) is 0.250. The lowest BCUT2D eigenvalue weighted by Crippen LogP contribution is -2.05. The number of rotatable bonds is 3. The van der Waals surface area contributed by atoms with Gasteiger partial charge in [-0.2, -0.15) is 0 Å². The number of aromatic nitrogens is 2. The smallest absolute Gasteiger partial charge is 0.181 e. The Balaban J connectivity index is 2.17. The minimum atomic E-state index is 0.204. The van der Waals surface area contributed by atoms with Crippen molar-refractivity contribution in [1.82, 2.24) is 9.55 Å². The number of imidazole rings is 1. The molecule has 0 saturated carbocycles. The maximum absolute atomic E-state index is 5.55. The summed E-state index contributed by atoms with van der Waals surface area (Å²) in [4.78, 5) is 3.88. The van der Waals surface area contributed by atoms with Gasteiger partial charge >= 0.3 is 0 Å². The van der Waals surface area contributed by atoms with Crippen LogP contribution in [0.2, 0.25) is 0 Å². The lowest BCUT2D eigenvalue weighted by atomic mass is 10.3. The molecule has 1 radical (unpaired) electrons. The van der Waals surface area contributed by atoms with Crippen LogP contribution in [0.5, 0.6) is 5.75 Å². The molecule has 1 heterocycles. The van der Waals surface area contributed by atoms with Gasteiger partial charge in [-0.05, 0) is 38.1 Å². The van der Waals surface area contributed by atoms with Gasteiger partial charge in [0.15, 0.2) is 6.33 Å². The van der Waals surface area contributed by atoms with Gasteiger partial charge in [-0.1, -0.05) is 0 Å². The molecule has 0 amide bonds. The summed E-state index contributed by atoms with van der Waals surface area (Å²) in [6.07, 6.45) is 6.61. The normalized spacial score (nSPS) is 10.6. The molecular formula is C12H13N2O. The predicted octanol–water partition coefficient (Wildman–Crippen LogP) is 2.46. The first-order valence-corrected chi connectivity index (χ1v) is 4.94. The fourth-order valence-corrected chi connectivity index (χ4v) is 1.33. The van der Waals surface area contributed by atoms with E-state index >= 15 is 0 Å². The zero-order valence-corrected chi connectivity index (χ0v) is 8.84. The van der Waals surface area contributed by atoms with Gasteiger partial charge < -0.3 is 4.74 Å². The minimum absolute atomic E-state index is 0.204. The molecule has 1 aromatic carbocycles. The molecule has 1 aromatic heterocycles. The van der Waals surface area contributed by atoms with Gasteiger partial charge in [0.25, 0.3) is 0 Å². The highest BCUT2D eigenvalue weighted by Crippen LogP contribution is 2.15. The highest BCUT2D eigenvalue weighted by Gasteiger charge is 1.99. The van der Waals surface area contributed by atoms with Crippen LogP contribution in [0.4, 0.5) is 0 Å². The Bertz CT molecular complexity index is 404. The first kappa shape index (κ1) is 9.77. The Morgan fingerprint density at radius 3 is 2.53 bits per heavy atom. The first-order valence-electron chi connectivity index (χ1n) is 4.94. The Labute approximate surface area is 89.3 Å². The number of hydrogen-bond acceptors (Lipinski definition) is 2. The molecule has 15 heavy (non-hydrogen) atoms. The monoisotopic (exact) mass is 201 g/mol. The van der Waals surface area contributed by atoms with Crippen LogP contribution in [-0.4, -0.2) is 15.7 Å². The van der Waals surface area contributed by atoms with Crippen LogP contribution in [0.3, 0.4) is 0 Å². The van der Waals surface area contributed by atoms with Crippen molar-refractivity contribution in [2.75, 3.05) is 0 Å². The van der Waals surface area contributed by atoms with Crippen LogP contribution in [0.15, 0.2) is 36.7 Å². The summed E-state index contributed by atoms with van der Waals surface area (Å²) in [5.41, 5.74) is 1.03. The van der Waals surface area contributed by atoms with Crippen LogP contribution in [0.25, 0.3) is 5.69 Å². The molecular weight excluding hydrogens is 188 g/mol. The minimum Gasteiger partial charge on any atom is -0.491 e. The molecule has 0 aliphatic heterocycles. The number of ether oxygens (including phenoxy) is 1. The number of nitrogens with zero attached hydrogens (tertiary/aromatic N) is 2. The van der Waals surface area contributed by atoms with Gasteiger partial charge in [0.2, 0.25) is 0 Å². The van der Waals surface area contributed by atoms with Crippen LogP contribution >= 0.6 is 0 Å². The molecule has 77 valence electrons. The van der Waals surface area contributed by atoms with Gasteiger partial charge in [0.1, 0.15) is 5.75 Å². The summed E-state index contributed by atoms with van der Waals surface area (Å²) in [5.74, 6) is 0.883. The zero-order chi connectivity index (χ0) is 10.7. The van der Waals surface area contributed by atoms with Crippen molar-refractivity contribution < 1.29 is 4.74 Å². The molecule has 0 fully saturated rings. The van der Waals surface area contributed by atoms with Gasteiger partial charge in [-0.3, -0.25) is 4.57 Å². The molecule has 2 rings (SSSR count). The zero-order valence-electron chi connectivity index (χ0n) is 8.84. The van der Waals surface area contributed by atoms with E-state index in [0.29, 0.717) is 0 Å². The fourth-order valence-electron chi connectivity index (χ4n) is 1.33. The molecule has 0 saturated heterocycles. The van der Waals surface area contributed by atoms with Gasteiger partial charge in [-0.25, -0.2) is 4.98 Å². The van der Waals surface area contributed by atoms with Crippen LogP contribution in [0.1, 0.15) is 13.8 Å². The third kappa shape index (κ3) is 2.37. The topological polar surface area (TPSA) is 27.1 Å². The summed E-state index contributed by atoms with van der Waals surface area (Å²) in [6, 6.07) is 7.86. The van der Waals surface area contributed by atoms with E-state index in [1.165, 1.54) is 0 Å². The SMILES string of the molecule is CC(C)Oc1ccc(-n2[c]ncc2)cc1. The van der Waals surface area contributed by atoms with Crippen molar-refractivity contribution in [3.63, 3.8) is 0 Å². The van der Waals surface area contributed by atoms with E-state index in [-0.39, 0.29) is 6.10 Å². The summed E-state index contributed by atoms with van der Waals surface area (Å²) >= 11 is 0. The van der Waals surface area contributed by atoms with Crippen LogP contribution in [-0.2, 0) is 0 Å². The number of benzene rings is 1. The van der Waals surface area contributed by atoms with E-state index in [4.69, 9.17) is 4.74 Å². The summed E-state index contributed by atoms with van der Waals surface area (Å²) in [7, 11) is 0. The molecule has 0 unspecified atom stereocenters. The third-order valence-electron chi connectivity index (χ3n) is 1.94. The lowest BCUT2D eigenvalue weighted by Gasteiger charge is -2.10. The summed E-state index contributed by atoms with van der Waals surface area (Å²) in [6.45, 7) is 4.02. The molecule has 3 nitrogen and oxygen atoms in total. The van der Waals surface area contributed by atoms with E-state index in [9.17, 15) is 0 Å². The Morgan fingerprint density at radius 2 is 2.00 bits per heavy atom. The average molecular weight is 201 g/mol. The Morgan fingerprint density at radius 1 is 1.27 bits per heavy atom. The van der Waals surface area contributed by atoms with Crippen molar-refractivity contribution in [3.05, 3.63) is 43.0 Å². The van der Waals surface area contributed by atoms with Gasteiger partial charge in [-0.15, -0.1) is 0 Å². The summed E-state index contributed by atoms with van der Waals surface area (Å²) in [5, 5.41) is 0. The molecule has 0 N–H and O–H groups in total. The van der Waals surface area contributed by atoms with E-state index in [1.807, 2.05) is 48.9 Å². The maximum Gasteiger partial charge on any atom is 0.181 e. The predicted molar refractivity (Wildman–Crippen MR) is 58.2 cm³/mol. The van der Waals surface area contributed by atoms with Crippen molar-refractivity contribution >= 4 is 0 Å². The summed E-state index contributed by atoms with van der Waals surface area (Å²) < 4.78 is 7.38. The second-order valence-corrected chi connectivity index (χ2v) is 3.56. The van der Waals surface area contributed by atoms with E-state index in [1.54, 1.807) is 6.20 Å². The van der Waals surface area contributed by atoms with Crippen LogP contribution in [0, 0.1) is 6.33 Å². The molecule has 0 aliphatic carbocycles. The molecule has 2 aromatic rings. The second-order valence-electron chi connectivity index (χ2n) is 3.56. The Kier molecular flexibility index (Phi) is 2.72. The van der Waals surface area contributed by atoms with Gasteiger partial charge in [0, 0.05) is 18.1 Å². The second kappa shape index (κ2) is 4.17.